The van der Waals surface area contributed by atoms with Crippen LogP contribution in [0.5, 0.6) is 0 Å². The van der Waals surface area contributed by atoms with E-state index in [0.717, 1.165) is 27.6 Å². The maximum absolute atomic E-state index is 14.3. The van der Waals surface area contributed by atoms with Crippen LogP contribution < -0.4 is 9.62 Å². The monoisotopic (exact) mass is 481 g/mol. The zero-order chi connectivity index (χ0) is 24.8. The van der Waals surface area contributed by atoms with Gasteiger partial charge in [0.2, 0.25) is 21.8 Å². The predicted molar refractivity (Wildman–Crippen MR) is 123 cm³/mol. The van der Waals surface area contributed by atoms with Crippen LogP contribution in [0.1, 0.15) is 32.8 Å². The van der Waals surface area contributed by atoms with Gasteiger partial charge in [0.15, 0.2) is 0 Å². The van der Waals surface area contributed by atoms with Gasteiger partial charge in [0.1, 0.15) is 24.2 Å². The van der Waals surface area contributed by atoms with Gasteiger partial charge in [-0.2, -0.15) is 0 Å². The van der Waals surface area contributed by atoms with E-state index >= 15 is 0 Å². The molecule has 0 spiro atoms. The Bertz CT molecular complexity index is 1080. The van der Waals surface area contributed by atoms with E-state index in [1.807, 2.05) is 13.8 Å². The zero-order valence-electron chi connectivity index (χ0n) is 19.1. The van der Waals surface area contributed by atoms with E-state index in [9.17, 15) is 26.8 Å². The number of nitrogens with zero attached hydrogens (tertiary/aromatic N) is 2. The molecule has 0 aliphatic carbocycles. The zero-order valence-corrected chi connectivity index (χ0v) is 19.9. The van der Waals surface area contributed by atoms with Crippen molar-refractivity contribution < 1.29 is 26.8 Å². The fourth-order valence-electron chi connectivity index (χ4n) is 3.08. The van der Waals surface area contributed by atoms with Gasteiger partial charge in [-0.25, -0.2) is 17.2 Å². The van der Waals surface area contributed by atoms with Crippen LogP contribution in [0.2, 0.25) is 0 Å². The van der Waals surface area contributed by atoms with Crippen LogP contribution >= 0.6 is 0 Å². The molecule has 180 valence electrons. The second-order valence-electron chi connectivity index (χ2n) is 7.85. The Hall–Kier alpha value is -3.01. The standard InChI is InChI=1S/C23H29F2N3O4S/c1-5-16(2)26-23(30)17(3)27(14-18-8-6-7-9-21(18)25)22(29)15-28(33(4,31)32)20-12-10-19(24)11-13-20/h6-13,16-17H,5,14-15H2,1-4H3,(H,26,30)/t16-,17-/m1/s1. The molecule has 0 unspecified atom stereocenters. The normalized spacial score (nSPS) is 13.2. The quantitative estimate of drug-likeness (QED) is 0.565. The lowest BCUT2D eigenvalue weighted by molar-refractivity contribution is -0.139. The van der Waals surface area contributed by atoms with Gasteiger partial charge in [-0.05, 0) is 50.6 Å². The van der Waals surface area contributed by atoms with E-state index in [0.29, 0.717) is 6.42 Å². The number of rotatable bonds is 10. The van der Waals surface area contributed by atoms with Gasteiger partial charge in [0.25, 0.3) is 0 Å². The van der Waals surface area contributed by atoms with E-state index in [-0.39, 0.29) is 23.8 Å². The molecule has 0 bridgehead atoms. The maximum atomic E-state index is 14.3. The summed E-state index contributed by atoms with van der Waals surface area (Å²) in [5.41, 5.74) is 0.275. The number of halogens is 2. The molecule has 0 aliphatic heterocycles. The first-order chi connectivity index (χ1) is 15.4. The van der Waals surface area contributed by atoms with Gasteiger partial charge in [0.05, 0.1) is 11.9 Å². The van der Waals surface area contributed by atoms with E-state index in [2.05, 4.69) is 5.32 Å². The summed E-state index contributed by atoms with van der Waals surface area (Å²) in [6, 6.07) is 9.34. The smallest absolute Gasteiger partial charge is 0.244 e. The third-order valence-corrected chi connectivity index (χ3v) is 6.40. The summed E-state index contributed by atoms with van der Waals surface area (Å²) in [7, 11) is -3.92. The lowest BCUT2D eigenvalue weighted by atomic mass is 10.1. The molecule has 2 aromatic carbocycles. The van der Waals surface area contributed by atoms with E-state index < -0.39 is 46.1 Å². The first-order valence-electron chi connectivity index (χ1n) is 10.5. The molecule has 0 saturated heterocycles. The number of carbonyl (C=O) groups is 2. The van der Waals surface area contributed by atoms with Crippen molar-refractivity contribution in [1.29, 1.82) is 0 Å². The highest BCUT2D eigenvalue weighted by Crippen LogP contribution is 2.20. The summed E-state index contributed by atoms with van der Waals surface area (Å²) < 4.78 is 53.3. The average Bonchev–Trinajstić information content (AvgIpc) is 2.76. The average molecular weight is 482 g/mol. The molecule has 2 aromatic rings. The Morgan fingerprint density at radius 3 is 2.18 bits per heavy atom. The Morgan fingerprint density at radius 2 is 1.64 bits per heavy atom. The molecular weight excluding hydrogens is 452 g/mol. The Labute approximate surface area is 193 Å². The number of hydrogen-bond donors (Lipinski definition) is 1. The lowest BCUT2D eigenvalue weighted by Crippen LogP contribution is -2.52. The summed E-state index contributed by atoms with van der Waals surface area (Å²) in [6.07, 6.45) is 1.59. The van der Waals surface area contributed by atoms with E-state index in [1.165, 1.54) is 37.3 Å². The SMILES string of the molecule is CC[C@@H](C)NC(=O)[C@@H](C)N(Cc1ccccc1F)C(=O)CN(c1ccc(F)cc1)S(C)(=O)=O. The highest BCUT2D eigenvalue weighted by molar-refractivity contribution is 7.92. The molecule has 7 nitrogen and oxygen atoms in total. The van der Waals surface area contributed by atoms with Crippen LogP contribution in [0, 0.1) is 11.6 Å². The Morgan fingerprint density at radius 1 is 1.03 bits per heavy atom. The van der Waals surface area contributed by atoms with Crippen molar-refractivity contribution in [2.75, 3.05) is 17.1 Å². The number of sulfonamides is 1. The molecule has 2 amide bonds. The van der Waals surface area contributed by atoms with Crippen LogP contribution in [0.4, 0.5) is 14.5 Å². The van der Waals surface area contributed by atoms with Crippen molar-refractivity contribution >= 4 is 27.5 Å². The molecule has 0 aromatic heterocycles. The minimum Gasteiger partial charge on any atom is -0.352 e. The minimum absolute atomic E-state index is 0.0924. The summed E-state index contributed by atoms with van der Waals surface area (Å²) >= 11 is 0. The third-order valence-electron chi connectivity index (χ3n) is 5.26. The molecule has 0 radical (unpaired) electrons. The largest absolute Gasteiger partial charge is 0.352 e. The predicted octanol–water partition coefficient (Wildman–Crippen LogP) is 3.06. The van der Waals surface area contributed by atoms with Crippen molar-refractivity contribution in [3.05, 3.63) is 65.7 Å². The van der Waals surface area contributed by atoms with Gasteiger partial charge in [-0.1, -0.05) is 25.1 Å². The van der Waals surface area contributed by atoms with E-state index in [4.69, 9.17) is 0 Å². The molecular formula is C23H29F2N3O4S. The molecule has 0 aliphatic rings. The second kappa shape index (κ2) is 11.2. The number of anilines is 1. The van der Waals surface area contributed by atoms with Crippen molar-refractivity contribution in [1.82, 2.24) is 10.2 Å². The van der Waals surface area contributed by atoms with Crippen molar-refractivity contribution in [2.45, 2.75) is 45.8 Å². The number of carbonyl (C=O) groups excluding carboxylic acids is 2. The minimum atomic E-state index is -3.92. The third kappa shape index (κ3) is 7.24. The van der Waals surface area contributed by atoms with Crippen molar-refractivity contribution in [2.24, 2.45) is 0 Å². The van der Waals surface area contributed by atoms with Crippen LogP contribution in [0.3, 0.4) is 0 Å². The fourth-order valence-corrected chi connectivity index (χ4v) is 3.93. The van der Waals surface area contributed by atoms with Crippen LogP contribution in [0.25, 0.3) is 0 Å². The highest BCUT2D eigenvalue weighted by Gasteiger charge is 2.30. The summed E-state index contributed by atoms with van der Waals surface area (Å²) in [6.45, 7) is 4.33. The lowest BCUT2D eigenvalue weighted by Gasteiger charge is -2.32. The molecule has 10 heteroatoms. The van der Waals surface area contributed by atoms with Gasteiger partial charge in [-0.3, -0.25) is 13.9 Å². The van der Waals surface area contributed by atoms with Crippen LogP contribution in [-0.2, 0) is 26.2 Å². The number of amides is 2. The molecule has 33 heavy (non-hydrogen) atoms. The van der Waals surface area contributed by atoms with Gasteiger partial charge in [0, 0.05) is 18.2 Å². The number of nitrogens with one attached hydrogen (secondary N) is 1. The summed E-state index contributed by atoms with van der Waals surface area (Å²) in [5.74, 6) is -2.26. The summed E-state index contributed by atoms with van der Waals surface area (Å²) in [5, 5.41) is 2.79. The fraction of sp³-hybridized carbons (Fsp3) is 0.391. The van der Waals surface area contributed by atoms with Crippen molar-refractivity contribution in [3.63, 3.8) is 0 Å². The second-order valence-corrected chi connectivity index (χ2v) is 9.76. The van der Waals surface area contributed by atoms with E-state index in [1.54, 1.807) is 6.07 Å². The highest BCUT2D eigenvalue weighted by atomic mass is 32.2. The Kier molecular flexibility index (Phi) is 8.92. The topological polar surface area (TPSA) is 86.8 Å². The molecule has 1 N–H and O–H groups in total. The first kappa shape index (κ1) is 26.2. The maximum Gasteiger partial charge on any atom is 0.244 e. The summed E-state index contributed by atoms with van der Waals surface area (Å²) in [4.78, 5) is 27.2. The van der Waals surface area contributed by atoms with Crippen LogP contribution in [0.15, 0.2) is 48.5 Å². The number of benzene rings is 2. The first-order valence-corrected chi connectivity index (χ1v) is 12.3. The van der Waals surface area contributed by atoms with Gasteiger partial charge in [-0.15, -0.1) is 0 Å². The molecule has 0 saturated carbocycles. The van der Waals surface area contributed by atoms with Gasteiger partial charge >= 0.3 is 0 Å². The molecule has 0 heterocycles. The van der Waals surface area contributed by atoms with Crippen molar-refractivity contribution in [3.8, 4) is 0 Å². The number of hydrogen-bond acceptors (Lipinski definition) is 4. The Balaban J connectivity index is 2.39. The molecule has 2 atom stereocenters. The van der Waals surface area contributed by atoms with Gasteiger partial charge < -0.3 is 10.2 Å². The molecule has 0 fully saturated rings. The molecule has 2 rings (SSSR count). The van der Waals surface area contributed by atoms with Crippen LogP contribution in [-0.4, -0.2) is 50.0 Å².